The maximum Gasteiger partial charge on any atom is 0.183 e. The van der Waals surface area contributed by atoms with Crippen molar-refractivity contribution in [3.8, 4) is 0 Å². The van der Waals surface area contributed by atoms with Crippen LogP contribution in [0.4, 0.5) is 4.39 Å². The molecule has 0 amide bonds. The summed E-state index contributed by atoms with van der Waals surface area (Å²) in [5.41, 5.74) is 1.43. The van der Waals surface area contributed by atoms with Gasteiger partial charge in [-0.25, -0.2) is 19.4 Å². The van der Waals surface area contributed by atoms with Crippen molar-refractivity contribution in [3.63, 3.8) is 0 Å². The average molecular weight is 340 g/mol. The summed E-state index contributed by atoms with van der Waals surface area (Å²) in [5, 5.41) is 8.16. The third-order valence-corrected chi connectivity index (χ3v) is 4.48. The maximum absolute atomic E-state index is 14.4. The van der Waals surface area contributed by atoms with Gasteiger partial charge >= 0.3 is 0 Å². The van der Waals surface area contributed by atoms with Crippen LogP contribution in [-0.4, -0.2) is 46.2 Å². The van der Waals surface area contributed by atoms with Crippen molar-refractivity contribution < 1.29 is 4.39 Å². The van der Waals surface area contributed by atoms with E-state index in [1.54, 1.807) is 18.5 Å². The maximum atomic E-state index is 14.4. The number of rotatable bonds is 4. The lowest BCUT2D eigenvalue weighted by atomic mass is 10.0. The lowest BCUT2D eigenvalue weighted by molar-refractivity contribution is 0.202. The van der Waals surface area contributed by atoms with Gasteiger partial charge in [-0.15, -0.1) is 0 Å². The van der Waals surface area contributed by atoms with E-state index >= 15 is 0 Å². The number of piperidine rings is 1. The highest BCUT2D eigenvalue weighted by Gasteiger charge is 2.24. The molecule has 0 aliphatic carbocycles. The van der Waals surface area contributed by atoms with E-state index in [1.165, 1.54) is 0 Å². The summed E-state index contributed by atoms with van der Waals surface area (Å²) in [6, 6.07) is 3.82. The normalized spacial score (nSPS) is 19.7. The highest BCUT2D eigenvalue weighted by molar-refractivity contribution is 6.10. The van der Waals surface area contributed by atoms with Gasteiger partial charge in [0.25, 0.3) is 0 Å². The molecule has 7 heteroatoms. The minimum atomic E-state index is -0.672. The zero-order chi connectivity index (χ0) is 17.8. The standard InChI is InChI=1S/C18H21FN6/c1-12-5-3-4-10-25(12)18(15(19)11-20)24-16(21-2)13-6-8-22-17-14(13)7-9-23-17/h6-9,11-12,20H,2-5,10H2,1H3,(H,22,23)/b18-15+,20-11?,24-16?. The Hall–Kier alpha value is -2.83. The van der Waals surface area contributed by atoms with Crippen LogP contribution in [0.5, 0.6) is 0 Å². The number of aromatic amines is 1. The number of hydrogen-bond acceptors (Lipinski definition) is 4. The highest BCUT2D eigenvalue weighted by atomic mass is 19.1. The van der Waals surface area contributed by atoms with Crippen LogP contribution in [0.25, 0.3) is 11.0 Å². The number of pyridine rings is 1. The molecule has 2 aromatic heterocycles. The predicted octanol–water partition coefficient (Wildman–Crippen LogP) is 3.67. The Morgan fingerprint density at radius 3 is 3.04 bits per heavy atom. The van der Waals surface area contributed by atoms with Crippen molar-refractivity contribution in [1.82, 2.24) is 14.9 Å². The molecular formula is C18H21FN6. The fourth-order valence-electron chi connectivity index (χ4n) is 3.17. The van der Waals surface area contributed by atoms with Gasteiger partial charge < -0.3 is 15.3 Å². The Morgan fingerprint density at radius 2 is 2.32 bits per heavy atom. The molecule has 6 nitrogen and oxygen atoms in total. The lowest BCUT2D eigenvalue weighted by Crippen LogP contribution is -2.37. The summed E-state index contributed by atoms with van der Waals surface area (Å²) in [4.78, 5) is 17.7. The third kappa shape index (κ3) is 3.35. The largest absolute Gasteiger partial charge is 0.351 e. The fourth-order valence-corrected chi connectivity index (χ4v) is 3.17. The smallest absolute Gasteiger partial charge is 0.183 e. The fraction of sp³-hybridized carbons (Fsp3) is 0.333. The number of nitrogens with one attached hydrogen (secondary N) is 2. The van der Waals surface area contributed by atoms with Crippen molar-refractivity contribution in [2.24, 2.45) is 9.98 Å². The van der Waals surface area contributed by atoms with E-state index in [9.17, 15) is 4.39 Å². The second-order valence-corrected chi connectivity index (χ2v) is 6.05. The Bertz CT molecular complexity index is 850. The molecule has 130 valence electrons. The first-order valence-electron chi connectivity index (χ1n) is 8.30. The first-order chi connectivity index (χ1) is 12.2. The second kappa shape index (κ2) is 7.38. The van der Waals surface area contributed by atoms with E-state index < -0.39 is 5.83 Å². The Balaban J connectivity index is 2.10. The van der Waals surface area contributed by atoms with Crippen LogP contribution >= 0.6 is 0 Å². The molecule has 25 heavy (non-hydrogen) atoms. The molecule has 1 atom stereocenters. The zero-order valence-corrected chi connectivity index (χ0v) is 14.2. The second-order valence-electron chi connectivity index (χ2n) is 6.05. The van der Waals surface area contributed by atoms with E-state index in [-0.39, 0.29) is 11.9 Å². The molecular weight excluding hydrogens is 319 g/mol. The average Bonchev–Trinajstić information content (AvgIpc) is 3.12. The van der Waals surface area contributed by atoms with Crippen molar-refractivity contribution >= 4 is 29.8 Å². The van der Waals surface area contributed by atoms with Gasteiger partial charge in [0.1, 0.15) is 5.65 Å². The number of fused-ring (bicyclic) bond motifs is 1. The molecule has 3 heterocycles. The number of H-pyrrole nitrogens is 1. The van der Waals surface area contributed by atoms with Crippen LogP contribution < -0.4 is 0 Å². The van der Waals surface area contributed by atoms with Gasteiger partial charge in [-0.05, 0) is 45.0 Å². The van der Waals surface area contributed by atoms with Crippen LogP contribution in [0.3, 0.4) is 0 Å². The zero-order valence-electron chi connectivity index (χ0n) is 14.2. The summed E-state index contributed by atoms with van der Waals surface area (Å²) in [7, 11) is 0. The molecule has 1 aliphatic heterocycles. The third-order valence-electron chi connectivity index (χ3n) is 4.48. The number of likely N-dealkylation sites (tertiary alicyclic amines) is 1. The summed E-state index contributed by atoms with van der Waals surface area (Å²) < 4.78 is 14.4. The lowest BCUT2D eigenvalue weighted by Gasteiger charge is -2.35. The topological polar surface area (TPSA) is 80.5 Å². The van der Waals surface area contributed by atoms with Gasteiger partial charge in [-0.1, -0.05) is 0 Å². The number of allylic oxidation sites excluding steroid dienone is 1. The number of amidine groups is 1. The van der Waals surface area contributed by atoms with Crippen molar-refractivity contribution in [2.45, 2.75) is 32.2 Å². The molecule has 0 saturated carbocycles. The number of nitrogens with zero attached hydrogens (tertiary/aromatic N) is 4. The molecule has 2 N–H and O–H groups in total. The van der Waals surface area contributed by atoms with E-state index in [0.717, 1.165) is 30.2 Å². The van der Waals surface area contributed by atoms with Gasteiger partial charge in [0.2, 0.25) is 0 Å². The van der Waals surface area contributed by atoms with Gasteiger partial charge in [0.05, 0.1) is 6.21 Å². The summed E-state index contributed by atoms with van der Waals surface area (Å²) in [6.07, 6.45) is 7.18. The summed E-state index contributed by atoms with van der Waals surface area (Å²) >= 11 is 0. The Kier molecular flexibility index (Phi) is 5.02. The predicted molar refractivity (Wildman–Crippen MR) is 99.1 cm³/mol. The van der Waals surface area contributed by atoms with Crippen LogP contribution in [0.1, 0.15) is 31.7 Å². The molecule has 0 aromatic carbocycles. The van der Waals surface area contributed by atoms with Crippen LogP contribution in [-0.2, 0) is 0 Å². The number of aromatic nitrogens is 2. The number of hydrogen-bond donors (Lipinski definition) is 2. The summed E-state index contributed by atoms with van der Waals surface area (Å²) in [5.74, 6) is -0.212. The van der Waals surface area contributed by atoms with E-state index in [2.05, 4.69) is 26.7 Å². The Morgan fingerprint density at radius 1 is 1.48 bits per heavy atom. The van der Waals surface area contributed by atoms with Crippen molar-refractivity contribution in [1.29, 1.82) is 5.41 Å². The number of aliphatic imine (C=N–C) groups is 2. The van der Waals surface area contributed by atoms with Crippen molar-refractivity contribution in [2.75, 3.05) is 6.54 Å². The SMILES string of the molecule is C=NC(=N/C(=C(\F)C=N)N1CCCCC1C)c1ccnc2[nH]ccc12. The van der Waals surface area contributed by atoms with Crippen molar-refractivity contribution in [3.05, 3.63) is 41.7 Å². The van der Waals surface area contributed by atoms with Crippen LogP contribution in [0.15, 0.2) is 46.2 Å². The molecule has 2 aromatic rings. The van der Waals surface area contributed by atoms with E-state index in [0.29, 0.717) is 24.2 Å². The minimum Gasteiger partial charge on any atom is -0.351 e. The highest BCUT2D eigenvalue weighted by Crippen LogP contribution is 2.26. The molecule has 1 fully saturated rings. The molecule has 0 spiro atoms. The molecule has 3 rings (SSSR count). The van der Waals surface area contributed by atoms with E-state index in [1.807, 2.05) is 17.9 Å². The molecule has 0 radical (unpaired) electrons. The number of halogens is 1. The monoisotopic (exact) mass is 340 g/mol. The van der Waals surface area contributed by atoms with Gasteiger partial charge in [-0.2, -0.15) is 0 Å². The van der Waals surface area contributed by atoms with Gasteiger partial charge in [0.15, 0.2) is 17.5 Å². The minimum absolute atomic E-state index is 0.144. The van der Waals surface area contributed by atoms with Gasteiger partial charge in [0, 0.05) is 35.9 Å². The quantitative estimate of drug-likeness (QED) is 0.658. The van der Waals surface area contributed by atoms with Crippen LogP contribution in [0.2, 0.25) is 0 Å². The summed E-state index contributed by atoms with van der Waals surface area (Å²) in [6.45, 7) is 6.35. The molecule has 1 aliphatic rings. The van der Waals surface area contributed by atoms with Gasteiger partial charge in [-0.3, -0.25) is 0 Å². The first-order valence-corrected chi connectivity index (χ1v) is 8.30. The molecule has 0 bridgehead atoms. The molecule has 1 unspecified atom stereocenters. The Labute approximate surface area is 145 Å². The molecule has 1 saturated heterocycles. The van der Waals surface area contributed by atoms with E-state index in [4.69, 9.17) is 5.41 Å². The van der Waals surface area contributed by atoms with Crippen LogP contribution in [0, 0.1) is 5.41 Å². The first kappa shape index (κ1) is 17.0.